The molecule has 1 atom stereocenters. The molecule has 0 N–H and O–H groups in total. The Hall–Kier alpha value is -2.36. The summed E-state index contributed by atoms with van der Waals surface area (Å²) in [5.74, 6) is 1.94. The summed E-state index contributed by atoms with van der Waals surface area (Å²) in [6, 6.07) is 7.28. The third kappa shape index (κ3) is 3.51. The van der Waals surface area contributed by atoms with Crippen LogP contribution in [0.4, 0.5) is 11.5 Å². The van der Waals surface area contributed by atoms with Crippen LogP contribution in [0.15, 0.2) is 18.2 Å². The van der Waals surface area contributed by atoms with Crippen molar-refractivity contribution in [2.45, 2.75) is 86.6 Å². The van der Waals surface area contributed by atoms with Crippen LogP contribution in [0.3, 0.4) is 0 Å². The van der Waals surface area contributed by atoms with Gasteiger partial charge < -0.3 is 4.90 Å². The number of aryl methyl sites for hydroxylation is 4. The lowest BCUT2D eigenvalue weighted by atomic mass is 9.89. The largest absolute Gasteiger partial charge is 0.323 e. The first-order chi connectivity index (χ1) is 14.3. The Balaban J connectivity index is 1.98. The average molecular weight is 405 g/mol. The fourth-order valence-electron chi connectivity index (χ4n) is 5.24. The second kappa shape index (κ2) is 8.05. The van der Waals surface area contributed by atoms with E-state index in [1.807, 2.05) is 0 Å². The number of benzene rings is 1. The zero-order chi connectivity index (χ0) is 21.6. The molecule has 3 heterocycles. The Morgan fingerprint density at radius 2 is 1.80 bits per heavy atom. The van der Waals surface area contributed by atoms with Crippen molar-refractivity contribution in [2.24, 2.45) is 5.92 Å². The van der Waals surface area contributed by atoms with Crippen molar-refractivity contribution < 1.29 is 0 Å². The normalized spacial score (nSPS) is 16.5. The molecular formula is C26H36N4. The molecule has 1 aliphatic heterocycles. The fourth-order valence-corrected chi connectivity index (χ4v) is 5.24. The molecule has 0 spiro atoms. The Kier molecular flexibility index (Phi) is 5.61. The topological polar surface area (TPSA) is 33.4 Å². The van der Waals surface area contributed by atoms with Crippen LogP contribution in [-0.4, -0.2) is 20.6 Å². The minimum Gasteiger partial charge on any atom is -0.323 e. The number of fused-ring (bicyclic) bond motifs is 3. The predicted octanol–water partition coefficient (Wildman–Crippen LogP) is 6.41. The monoisotopic (exact) mass is 404 g/mol. The van der Waals surface area contributed by atoms with Crippen LogP contribution in [-0.2, 0) is 12.8 Å². The first-order valence-corrected chi connectivity index (χ1v) is 11.6. The quantitative estimate of drug-likeness (QED) is 0.492. The maximum absolute atomic E-state index is 4.87. The third-order valence-electron chi connectivity index (χ3n) is 6.91. The Labute approximate surface area is 181 Å². The maximum atomic E-state index is 4.87. The number of nitrogens with zero attached hydrogens (tertiary/aromatic N) is 4. The van der Waals surface area contributed by atoms with Crippen molar-refractivity contribution in [1.82, 2.24) is 14.6 Å². The molecule has 1 aromatic carbocycles. The molecule has 1 unspecified atom stereocenters. The van der Waals surface area contributed by atoms with Crippen molar-refractivity contribution in [2.75, 3.05) is 4.90 Å². The summed E-state index contributed by atoms with van der Waals surface area (Å²) in [6.45, 7) is 15.7. The van der Waals surface area contributed by atoms with E-state index >= 15 is 0 Å². The Morgan fingerprint density at radius 1 is 1.07 bits per heavy atom. The minimum atomic E-state index is 0.425. The van der Waals surface area contributed by atoms with E-state index in [9.17, 15) is 0 Å². The molecule has 0 fully saturated rings. The lowest BCUT2D eigenvalue weighted by Crippen LogP contribution is -2.37. The number of hydrogen-bond acceptors (Lipinski definition) is 3. The van der Waals surface area contributed by atoms with E-state index in [2.05, 4.69) is 76.1 Å². The zero-order valence-corrected chi connectivity index (χ0v) is 19.7. The fraction of sp³-hybridized carbons (Fsp3) is 0.538. The van der Waals surface area contributed by atoms with Gasteiger partial charge in [-0.25, -0.2) is 4.98 Å². The van der Waals surface area contributed by atoms with Gasteiger partial charge in [-0.2, -0.15) is 9.61 Å². The van der Waals surface area contributed by atoms with Crippen molar-refractivity contribution >= 4 is 17.2 Å². The van der Waals surface area contributed by atoms with Crippen molar-refractivity contribution in [1.29, 1.82) is 0 Å². The molecule has 2 aromatic heterocycles. The Morgan fingerprint density at radius 3 is 2.50 bits per heavy atom. The molecular weight excluding hydrogens is 368 g/mol. The Bertz CT molecular complexity index is 1070. The van der Waals surface area contributed by atoms with Gasteiger partial charge in [-0.3, -0.25) is 0 Å². The number of anilines is 2. The van der Waals surface area contributed by atoms with Gasteiger partial charge in [0.15, 0.2) is 5.65 Å². The molecule has 0 aliphatic carbocycles. The van der Waals surface area contributed by atoms with Gasteiger partial charge in [0.1, 0.15) is 5.82 Å². The van der Waals surface area contributed by atoms with Gasteiger partial charge in [-0.05, 0) is 70.9 Å². The molecule has 30 heavy (non-hydrogen) atoms. The van der Waals surface area contributed by atoms with Crippen molar-refractivity contribution in [3.63, 3.8) is 0 Å². The lowest BCUT2D eigenvalue weighted by Gasteiger charge is -2.39. The summed E-state index contributed by atoms with van der Waals surface area (Å²) < 4.78 is 2.09. The van der Waals surface area contributed by atoms with E-state index < -0.39 is 0 Å². The molecule has 0 bridgehead atoms. The summed E-state index contributed by atoms with van der Waals surface area (Å²) in [7, 11) is 0. The molecule has 4 heteroatoms. The van der Waals surface area contributed by atoms with E-state index in [4.69, 9.17) is 10.1 Å². The molecule has 160 valence electrons. The van der Waals surface area contributed by atoms with Crippen LogP contribution >= 0.6 is 0 Å². The van der Waals surface area contributed by atoms with Crippen LogP contribution < -0.4 is 4.90 Å². The molecule has 0 saturated carbocycles. The van der Waals surface area contributed by atoms with Gasteiger partial charge in [-0.1, -0.05) is 44.4 Å². The maximum Gasteiger partial charge on any atom is 0.157 e. The smallest absolute Gasteiger partial charge is 0.157 e. The van der Waals surface area contributed by atoms with Gasteiger partial charge in [0.25, 0.3) is 0 Å². The van der Waals surface area contributed by atoms with Gasteiger partial charge in [-0.15, -0.1) is 0 Å². The average Bonchev–Trinajstić information content (AvgIpc) is 3.06. The minimum absolute atomic E-state index is 0.425. The highest BCUT2D eigenvalue weighted by Crippen LogP contribution is 2.42. The molecule has 4 nitrogen and oxygen atoms in total. The van der Waals surface area contributed by atoms with Crippen LogP contribution in [0.2, 0.25) is 0 Å². The molecule has 0 amide bonds. The van der Waals surface area contributed by atoms with Gasteiger partial charge >= 0.3 is 0 Å². The second-order valence-corrected chi connectivity index (χ2v) is 9.29. The van der Waals surface area contributed by atoms with Crippen LogP contribution in [0.25, 0.3) is 5.65 Å². The second-order valence-electron chi connectivity index (χ2n) is 9.29. The van der Waals surface area contributed by atoms with E-state index in [0.717, 1.165) is 42.2 Å². The summed E-state index contributed by atoms with van der Waals surface area (Å²) in [4.78, 5) is 7.45. The first kappa shape index (κ1) is 20.9. The summed E-state index contributed by atoms with van der Waals surface area (Å²) in [6.07, 6.45) is 5.78. The van der Waals surface area contributed by atoms with E-state index in [0.29, 0.717) is 6.04 Å². The van der Waals surface area contributed by atoms with E-state index in [1.54, 1.807) is 0 Å². The lowest BCUT2D eigenvalue weighted by molar-refractivity contribution is 0.489. The first-order valence-electron chi connectivity index (χ1n) is 11.6. The molecule has 4 rings (SSSR count). The highest BCUT2D eigenvalue weighted by atomic mass is 15.4. The third-order valence-corrected chi connectivity index (χ3v) is 6.91. The van der Waals surface area contributed by atoms with E-state index in [-0.39, 0.29) is 0 Å². The molecule has 0 radical (unpaired) electrons. The molecule has 0 saturated heterocycles. The summed E-state index contributed by atoms with van der Waals surface area (Å²) in [5, 5.41) is 4.86. The molecule has 3 aromatic rings. The predicted molar refractivity (Wildman–Crippen MR) is 126 cm³/mol. The van der Waals surface area contributed by atoms with Crippen LogP contribution in [0.5, 0.6) is 0 Å². The van der Waals surface area contributed by atoms with Gasteiger partial charge in [0, 0.05) is 29.1 Å². The van der Waals surface area contributed by atoms with Crippen molar-refractivity contribution in [3.05, 3.63) is 51.8 Å². The van der Waals surface area contributed by atoms with Gasteiger partial charge in [0.05, 0.1) is 5.69 Å². The summed E-state index contributed by atoms with van der Waals surface area (Å²) in [5.41, 5.74) is 10.0. The van der Waals surface area contributed by atoms with Crippen LogP contribution in [0, 0.1) is 33.6 Å². The SMILES string of the molecule is CCC(CC)Cc1cc(C)cc(C)c1N1c2c(c(C)nc3cc(C)nn23)CCC1C. The van der Waals surface area contributed by atoms with Crippen molar-refractivity contribution in [3.8, 4) is 0 Å². The number of aromatic nitrogens is 3. The highest BCUT2D eigenvalue weighted by molar-refractivity contribution is 5.74. The zero-order valence-electron chi connectivity index (χ0n) is 19.7. The standard InChI is InChI=1S/C26H36N4/c1-8-21(9-2)15-22-13-16(3)12-17(4)25(22)29-19(6)10-11-23-20(7)27-24-14-18(5)28-30(24)26(23)29/h12-14,19,21H,8-11,15H2,1-7H3. The summed E-state index contributed by atoms with van der Waals surface area (Å²) >= 11 is 0. The number of hydrogen-bond donors (Lipinski definition) is 0. The van der Waals surface area contributed by atoms with Crippen LogP contribution in [0.1, 0.15) is 73.7 Å². The highest BCUT2D eigenvalue weighted by Gasteiger charge is 2.32. The van der Waals surface area contributed by atoms with E-state index in [1.165, 1.54) is 46.6 Å². The van der Waals surface area contributed by atoms with Gasteiger partial charge in [0.2, 0.25) is 0 Å². The number of rotatable bonds is 5. The molecule has 1 aliphatic rings.